The summed E-state index contributed by atoms with van der Waals surface area (Å²) in [5.74, 6) is 0.497. The second-order valence-corrected chi connectivity index (χ2v) is 11.2. The summed E-state index contributed by atoms with van der Waals surface area (Å²) in [6.07, 6.45) is 8.32. The fourth-order valence-corrected chi connectivity index (χ4v) is 6.70. The van der Waals surface area contributed by atoms with Crippen LogP contribution in [-0.2, 0) is 26.2 Å². The van der Waals surface area contributed by atoms with Crippen LogP contribution in [0.15, 0.2) is 42.5 Å². The average molecular weight is 577 g/mol. The van der Waals surface area contributed by atoms with Crippen molar-refractivity contribution >= 4 is 23.4 Å². The number of piperidine rings is 3. The van der Waals surface area contributed by atoms with E-state index in [1.165, 1.54) is 12.8 Å². The highest BCUT2D eigenvalue weighted by Crippen LogP contribution is 2.42. The largest absolute Gasteiger partial charge is 1.00 e. The predicted molar refractivity (Wildman–Crippen MR) is 134 cm³/mol. The SMILES string of the molecule is O=C(Cc1ccc(Cl)nn1)C[N+]12CCC(CC1)[C@@H](OC(=O)C1(c3ccccc3)CCCCCC1)C2.[Br-]. The molecule has 6 rings (SSSR count). The van der Waals surface area contributed by atoms with Crippen LogP contribution in [0, 0.1) is 5.92 Å². The third-order valence-electron chi connectivity index (χ3n) is 8.55. The minimum atomic E-state index is -0.544. The molecule has 3 aliphatic heterocycles. The minimum Gasteiger partial charge on any atom is -1.00 e. The molecule has 6 nitrogen and oxygen atoms in total. The van der Waals surface area contributed by atoms with Gasteiger partial charge in [0, 0.05) is 18.8 Å². The Kier molecular flexibility index (Phi) is 8.84. The number of aromatic nitrogens is 2. The summed E-state index contributed by atoms with van der Waals surface area (Å²) in [6.45, 7) is 3.13. The Labute approximate surface area is 229 Å². The summed E-state index contributed by atoms with van der Waals surface area (Å²) in [5, 5.41) is 8.22. The van der Waals surface area contributed by atoms with Crippen molar-refractivity contribution < 1.29 is 35.8 Å². The van der Waals surface area contributed by atoms with Gasteiger partial charge in [-0.05, 0) is 30.5 Å². The lowest BCUT2D eigenvalue weighted by molar-refractivity contribution is -0.939. The van der Waals surface area contributed by atoms with Crippen LogP contribution in [0.25, 0.3) is 0 Å². The molecule has 1 aromatic carbocycles. The predicted octanol–water partition coefficient (Wildman–Crippen LogP) is 1.69. The molecule has 1 aromatic heterocycles. The van der Waals surface area contributed by atoms with Crippen molar-refractivity contribution in [2.75, 3.05) is 26.2 Å². The molecule has 36 heavy (non-hydrogen) atoms. The molecule has 3 saturated heterocycles. The molecule has 2 bridgehead atoms. The number of nitrogens with zero attached hydrogens (tertiary/aromatic N) is 3. The summed E-state index contributed by atoms with van der Waals surface area (Å²) in [7, 11) is 0. The standard InChI is InChI=1S/C28H35ClN3O3.BrH/c29-26-11-10-23(30-31-26)18-24(33)19-32-16-12-21(13-17-32)25(20-32)35-27(34)28(14-6-1-2-7-15-28)22-8-4-3-5-9-22;/h3-5,8-11,21,25H,1-2,6-7,12-20H2;1H/q+1;/p-1/t21?,25-,32?;/m0./s1. The Morgan fingerprint density at radius 1 is 0.972 bits per heavy atom. The molecule has 1 atom stereocenters. The molecule has 194 valence electrons. The zero-order valence-corrected chi connectivity index (χ0v) is 23.1. The van der Waals surface area contributed by atoms with Crippen LogP contribution in [0.5, 0.6) is 0 Å². The number of carbonyl (C=O) groups excluding carboxylic acids is 2. The van der Waals surface area contributed by atoms with Crippen molar-refractivity contribution in [2.24, 2.45) is 5.92 Å². The number of fused-ring (bicyclic) bond motifs is 3. The van der Waals surface area contributed by atoms with Gasteiger partial charge in [0.25, 0.3) is 0 Å². The molecule has 8 heteroatoms. The lowest BCUT2D eigenvalue weighted by atomic mass is 9.74. The zero-order valence-electron chi connectivity index (χ0n) is 20.7. The molecule has 4 aliphatic rings. The van der Waals surface area contributed by atoms with Gasteiger partial charge in [0.2, 0.25) is 0 Å². The number of quaternary nitrogens is 1. The molecule has 1 aliphatic carbocycles. The van der Waals surface area contributed by atoms with E-state index in [0.29, 0.717) is 27.8 Å². The van der Waals surface area contributed by atoms with E-state index in [2.05, 4.69) is 22.3 Å². The number of ether oxygens (including phenoxy) is 1. The molecule has 0 spiro atoms. The van der Waals surface area contributed by atoms with Crippen LogP contribution >= 0.6 is 11.6 Å². The molecule has 0 unspecified atom stereocenters. The number of rotatable bonds is 7. The first-order valence-electron chi connectivity index (χ1n) is 13.1. The number of ketones is 1. The van der Waals surface area contributed by atoms with Gasteiger partial charge in [-0.15, -0.1) is 5.10 Å². The van der Waals surface area contributed by atoms with E-state index in [-0.39, 0.29) is 41.3 Å². The quantitative estimate of drug-likeness (QED) is 0.285. The maximum atomic E-state index is 13.9. The molecule has 0 radical (unpaired) electrons. The van der Waals surface area contributed by atoms with E-state index in [9.17, 15) is 9.59 Å². The van der Waals surface area contributed by atoms with E-state index in [1.54, 1.807) is 12.1 Å². The molecular weight excluding hydrogens is 542 g/mol. The van der Waals surface area contributed by atoms with Crippen LogP contribution < -0.4 is 17.0 Å². The Balaban J connectivity index is 0.00000304. The van der Waals surface area contributed by atoms with Crippen LogP contribution in [-0.4, -0.2) is 58.7 Å². The van der Waals surface area contributed by atoms with Crippen LogP contribution in [0.3, 0.4) is 0 Å². The average Bonchev–Trinajstić information content (AvgIpc) is 3.14. The van der Waals surface area contributed by atoms with Gasteiger partial charge in [-0.2, -0.15) is 5.10 Å². The van der Waals surface area contributed by atoms with E-state index < -0.39 is 5.41 Å². The molecule has 4 heterocycles. The van der Waals surface area contributed by atoms with Gasteiger partial charge in [-0.1, -0.05) is 67.6 Å². The van der Waals surface area contributed by atoms with Gasteiger partial charge in [0.1, 0.15) is 13.1 Å². The summed E-state index contributed by atoms with van der Waals surface area (Å²) in [5.41, 5.74) is 1.19. The number of halogens is 2. The maximum absolute atomic E-state index is 13.9. The van der Waals surface area contributed by atoms with Crippen molar-refractivity contribution in [3.8, 4) is 0 Å². The number of carbonyl (C=O) groups is 2. The summed E-state index contributed by atoms with van der Waals surface area (Å²) in [6, 6.07) is 13.7. The molecule has 0 N–H and O–H groups in total. The third kappa shape index (κ3) is 5.84. The second kappa shape index (κ2) is 11.7. The normalized spacial score (nSPS) is 26.9. The highest BCUT2D eigenvalue weighted by Gasteiger charge is 2.50. The monoisotopic (exact) mass is 575 g/mol. The first-order chi connectivity index (χ1) is 17.0. The van der Waals surface area contributed by atoms with Crippen molar-refractivity contribution in [3.05, 3.63) is 58.9 Å². The zero-order chi connectivity index (χ0) is 24.3. The summed E-state index contributed by atoms with van der Waals surface area (Å²) in [4.78, 5) is 26.9. The topological polar surface area (TPSA) is 69.2 Å². The number of esters is 1. The van der Waals surface area contributed by atoms with Gasteiger partial charge < -0.3 is 26.2 Å². The highest BCUT2D eigenvalue weighted by molar-refractivity contribution is 6.29. The Morgan fingerprint density at radius 2 is 1.67 bits per heavy atom. The van der Waals surface area contributed by atoms with Crippen LogP contribution in [0.2, 0.25) is 5.15 Å². The van der Waals surface area contributed by atoms with E-state index in [0.717, 1.165) is 63.7 Å². The van der Waals surface area contributed by atoms with Gasteiger partial charge in [0.15, 0.2) is 17.0 Å². The molecule has 2 aromatic rings. The van der Waals surface area contributed by atoms with E-state index in [4.69, 9.17) is 16.3 Å². The molecule has 4 fully saturated rings. The molecular formula is C28H35BrClN3O3. The van der Waals surface area contributed by atoms with Crippen molar-refractivity contribution in [1.82, 2.24) is 10.2 Å². The van der Waals surface area contributed by atoms with Crippen molar-refractivity contribution in [3.63, 3.8) is 0 Å². The van der Waals surface area contributed by atoms with Gasteiger partial charge in [-0.25, -0.2) is 0 Å². The van der Waals surface area contributed by atoms with Crippen LogP contribution in [0.1, 0.15) is 62.6 Å². The summed E-state index contributed by atoms with van der Waals surface area (Å²) < 4.78 is 7.13. The number of hydrogen-bond donors (Lipinski definition) is 0. The second-order valence-electron chi connectivity index (χ2n) is 10.8. The first kappa shape index (κ1) is 27.2. The van der Waals surface area contributed by atoms with Gasteiger partial charge in [-0.3, -0.25) is 9.59 Å². The maximum Gasteiger partial charge on any atom is 0.317 e. The fourth-order valence-electron chi connectivity index (χ4n) is 6.60. The van der Waals surface area contributed by atoms with Crippen molar-refractivity contribution in [2.45, 2.75) is 69.3 Å². The molecule has 0 amide bonds. The smallest absolute Gasteiger partial charge is 0.317 e. The lowest BCUT2D eigenvalue weighted by Crippen LogP contribution is -3.00. The minimum absolute atomic E-state index is 0. The third-order valence-corrected chi connectivity index (χ3v) is 8.75. The Morgan fingerprint density at radius 3 is 2.31 bits per heavy atom. The first-order valence-corrected chi connectivity index (χ1v) is 13.5. The van der Waals surface area contributed by atoms with E-state index >= 15 is 0 Å². The molecule has 1 saturated carbocycles. The van der Waals surface area contributed by atoms with E-state index in [1.807, 2.05) is 18.2 Å². The fraction of sp³-hybridized carbons (Fsp3) is 0.571. The van der Waals surface area contributed by atoms with Gasteiger partial charge >= 0.3 is 5.97 Å². The van der Waals surface area contributed by atoms with Gasteiger partial charge in [0.05, 0.1) is 30.6 Å². The lowest BCUT2D eigenvalue weighted by Gasteiger charge is -2.52. The van der Waals surface area contributed by atoms with Crippen LogP contribution in [0.4, 0.5) is 0 Å². The highest BCUT2D eigenvalue weighted by atomic mass is 79.9. The Hall–Kier alpha value is -1.83. The number of Topliss-reactive ketones (excluding diaryl/α,β-unsaturated/α-hetero) is 1. The summed E-state index contributed by atoms with van der Waals surface area (Å²) >= 11 is 5.82. The van der Waals surface area contributed by atoms with Crippen molar-refractivity contribution in [1.29, 1.82) is 0 Å². The Bertz CT molecular complexity index is 1030. The number of benzene rings is 1. The number of hydrogen-bond acceptors (Lipinski definition) is 5.